The monoisotopic (exact) mass is 250 g/mol. The van der Waals surface area contributed by atoms with Crippen molar-refractivity contribution in [3.05, 3.63) is 45.7 Å². The van der Waals surface area contributed by atoms with Gasteiger partial charge in [-0.3, -0.25) is 4.79 Å². The minimum atomic E-state index is -0.430. The molecule has 17 heavy (non-hydrogen) atoms. The molecule has 1 N–H and O–H groups in total. The van der Waals surface area contributed by atoms with Crippen molar-refractivity contribution in [3.63, 3.8) is 0 Å². The standard InChI is InChI=1S/C12H11FN2OS/c1-7-4-3-5-9(13)10(7)15-12(16)11-8(2)14-6-17-11/h3-6H,1-2H3,(H,15,16). The summed E-state index contributed by atoms with van der Waals surface area (Å²) in [4.78, 5) is 16.4. The van der Waals surface area contributed by atoms with E-state index in [1.54, 1.807) is 31.5 Å². The van der Waals surface area contributed by atoms with Crippen molar-refractivity contribution in [1.29, 1.82) is 0 Å². The van der Waals surface area contributed by atoms with Gasteiger partial charge in [0.25, 0.3) is 5.91 Å². The lowest BCUT2D eigenvalue weighted by molar-refractivity contribution is 0.102. The number of para-hydroxylation sites is 1. The molecular weight excluding hydrogens is 239 g/mol. The maximum Gasteiger partial charge on any atom is 0.267 e. The third kappa shape index (κ3) is 2.34. The van der Waals surface area contributed by atoms with Gasteiger partial charge >= 0.3 is 0 Å². The number of halogens is 1. The fraction of sp³-hybridized carbons (Fsp3) is 0.167. The molecule has 0 unspecified atom stereocenters. The molecule has 0 bridgehead atoms. The van der Waals surface area contributed by atoms with E-state index in [1.165, 1.54) is 17.4 Å². The average Bonchev–Trinajstić information content (AvgIpc) is 2.70. The number of anilines is 1. The Kier molecular flexibility index (Phi) is 3.19. The van der Waals surface area contributed by atoms with Gasteiger partial charge in [-0.1, -0.05) is 12.1 Å². The SMILES string of the molecule is Cc1cccc(F)c1NC(=O)c1scnc1C. The van der Waals surface area contributed by atoms with Crippen LogP contribution >= 0.6 is 11.3 Å². The van der Waals surface area contributed by atoms with Gasteiger partial charge in [0.05, 0.1) is 16.9 Å². The van der Waals surface area contributed by atoms with E-state index < -0.39 is 5.82 Å². The fourth-order valence-corrected chi connectivity index (χ4v) is 2.18. The number of thiazole rings is 1. The Hall–Kier alpha value is -1.75. The number of aromatic nitrogens is 1. The number of nitrogens with one attached hydrogen (secondary N) is 1. The average molecular weight is 250 g/mol. The van der Waals surface area contributed by atoms with Crippen molar-refractivity contribution in [1.82, 2.24) is 4.98 Å². The van der Waals surface area contributed by atoms with Gasteiger partial charge in [0, 0.05) is 0 Å². The zero-order valence-electron chi connectivity index (χ0n) is 9.45. The number of carbonyl (C=O) groups excluding carboxylic acids is 1. The molecule has 88 valence electrons. The fourth-order valence-electron chi connectivity index (χ4n) is 1.48. The predicted octanol–water partition coefficient (Wildman–Crippen LogP) is 3.15. The van der Waals surface area contributed by atoms with Crippen molar-refractivity contribution in [2.75, 3.05) is 5.32 Å². The molecule has 1 aromatic carbocycles. The van der Waals surface area contributed by atoms with E-state index >= 15 is 0 Å². The van der Waals surface area contributed by atoms with Crippen LogP contribution in [0, 0.1) is 19.7 Å². The Balaban J connectivity index is 2.28. The van der Waals surface area contributed by atoms with Gasteiger partial charge in [-0.05, 0) is 25.5 Å². The lowest BCUT2D eigenvalue weighted by atomic mass is 10.2. The first-order chi connectivity index (χ1) is 8.09. The minimum Gasteiger partial charge on any atom is -0.318 e. The van der Waals surface area contributed by atoms with Gasteiger partial charge in [-0.15, -0.1) is 11.3 Å². The molecular formula is C12H11FN2OS. The Morgan fingerprint density at radius 2 is 2.18 bits per heavy atom. The number of hydrogen-bond acceptors (Lipinski definition) is 3. The van der Waals surface area contributed by atoms with Crippen molar-refractivity contribution in [2.24, 2.45) is 0 Å². The number of hydrogen-bond donors (Lipinski definition) is 1. The summed E-state index contributed by atoms with van der Waals surface area (Å²) in [6.45, 7) is 3.50. The summed E-state index contributed by atoms with van der Waals surface area (Å²) < 4.78 is 13.5. The number of carbonyl (C=O) groups is 1. The second-order valence-electron chi connectivity index (χ2n) is 3.65. The molecule has 2 aromatic rings. The molecule has 0 saturated heterocycles. The third-order valence-electron chi connectivity index (χ3n) is 2.41. The first kappa shape index (κ1) is 11.7. The van der Waals surface area contributed by atoms with E-state index in [9.17, 15) is 9.18 Å². The lowest BCUT2D eigenvalue weighted by Crippen LogP contribution is -2.13. The van der Waals surface area contributed by atoms with Crippen molar-refractivity contribution < 1.29 is 9.18 Å². The maximum atomic E-state index is 13.5. The van der Waals surface area contributed by atoms with Crippen LogP contribution in [0.2, 0.25) is 0 Å². The third-order valence-corrected chi connectivity index (χ3v) is 3.34. The molecule has 2 rings (SSSR count). The van der Waals surface area contributed by atoms with Gasteiger partial charge in [0.15, 0.2) is 0 Å². The molecule has 0 aliphatic heterocycles. The molecule has 1 amide bonds. The van der Waals surface area contributed by atoms with Crippen LogP contribution in [0.4, 0.5) is 10.1 Å². The summed E-state index contributed by atoms with van der Waals surface area (Å²) in [6.07, 6.45) is 0. The van der Waals surface area contributed by atoms with Gasteiger partial charge < -0.3 is 5.32 Å². The minimum absolute atomic E-state index is 0.227. The first-order valence-electron chi connectivity index (χ1n) is 5.06. The number of amides is 1. The Morgan fingerprint density at radius 3 is 2.76 bits per heavy atom. The van der Waals surface area contributed by atoms with Crippen molar-refractivity contribution >= 4 is 22.9 Å². The predicted molar refractivity (Wildman–Crippen MR) is 65.9 cm³/mol. The van der Waals surface area contributed by atoms with E-state index in [1.807, 2.05) is 0 Å². The van der Waals surface area contributed by atoms with Crippen LogP contribution in [0.15, 0.2) is 23.7 Å². The molecule has 0 spiro atoms. The molecule has 1 heterocycles. The quantitative estimate of drug-likeness (QED) is 0.889. The summed E-state index contributed by atoms with van der Waals surface area (Å²) >= 11 is 1.24. The Labute approximate surface area is 102 Å². The van der Waals surface area contributed by atoms with E-state index in [0.29, 0.717) is 16.1 Å². The number of aryl methyl sites for hydroxylation is 2. The van der Waals surface area contributed by atoms with Crippen molar-refractivity contribution in [2.45, 2.75) is 13.8 Å². The van der Waals surface area contributed by atoms with Crippen LogP contribution in [-0.2, 0) is 0 Å². The molecule has 0 aliphatic rings. The number of rotatable bonds is 2. The first-order valence-corrected chi connectivity index (χ1v) is 5.94. The Bertz CT molecular complexity index is 545. The number of benzene rings is 1. The van der Waals surface area contributed by atoms with Gasteiger partial charge in [0.1, 0.15) is 10.7 Å². The van der Waals surface area contributed by atoms with Gasteiger partial charge in [-0.2, -0.15) is 0 Å². The number of nitrogens with zero attached hydrogens (tertiary/aromatic N) is 1. The maximum absolute atomic E-state index is 13.5. The van der Waals surface area contributed by atoms with Gasteiger partial charge in [-0.25, -0.2) is 9.37 Å². The highest BCUT2D eigenvalue weighted by Gasteiger charge is 2.14. The van der Waals surface area contributed by atoms with E-state index in [-0.39, 0.29) is 11.6 Å². The van der Waals surface area contributed by atoms with Crippen LogP contribution in [-0.4, -0.2) is 10.9 Å². The van der Waals surface area contributed by atoms with Crippen LogP contribution in [0.25, 0.3) is 0 Å². The van der Waals surface area contributed by atoms with Crippen LogP contribution in [0.3, 0.4) is 0 Å². The summed E-state index contributed by atoms with van der Waals surface area (Å²) in [5.74, 6) is -0.751. The molecule has 0 radical (unpaired) electrons. The summed E-state index contributed by atoms with van der Waals surface area (Å²) in [5, 5.41) is 2.58. The molecule has 0 aliphatic carbocycles. The summed E-state index contributed by atoms with van der Waals surface area (Å²) in [6, 6.07) is 4.68. The second-order valence-corrected chi connectivity index (χ2v) is 4.51. The molecule has 0 atom stereocenters. The molecule has 0 fully saturated rings. The lowest BCUT2D eigenvalue weighted by Gasteiger charge is -2.08. The zero-order chi connectivity index (χ0) is 12.4. The smallest absolute Gasteiger partial charge is 0.267 e. The van der Waals surface area contributed by atoms with E-state index in [2.05, 4.69) is 10.3 Å². The highest BCUT2D eigenvalue weighted by atomic mass is 32.1. The van der Waals surface area contributed by atoms with Crippen LogP contribution < -0.4 is 5.32 Å². The highest BCUT2D eigenvalue weighted by Crippen LogP contribution is 2.21. The van der Waals surface area contributed by atoms with E-state index in [0.717, 1.165) is 0 Å². The van der Waals surface area contributed by atoms with Crippen LogP contribution in [0.5, 0.6) is 0 Å². The molecule has 1 aromatic heterocycles. The van der Waals surface area contributed by atoms with Gasteiger partial charge in [0.2, 0.25) is 0 Å². The summed E-state index contributed by atoms with van der Waals surface area (Å²) in [7, 11) is 0. The zero-order valence-corrected chi connectivity index (χ0v) is 10.3. The normalized spacial score (nSPS) is 10.3. The Morgan fingerprint density at radius 1 is 1.41 bits per heavy atom. The van der Waals surface area contributed by atoms with E-state index in [4.69, 9.17) is 0 Å². The highest BCUT2D eigenvalue weighted by molar-refractivity contribution is 7.12. The largest absolute Gasteiger partial charge is 0.318 e. The van der Waals surface area contributed by atoms with Crippen LogP contribution in [0.1, 0.15) is 20.9 Å². The molecule has 5 heteroatoms. The topological polar surface area (TPSA) is 42.0 Å². The molecule has 0 saturated carbocycles. The van der Waals surface area contributed by atoms with Crippen molar-refractivity contribution in [3.8, 4) is 0 Å². The summed E-state index contributed by atoms with van der Waals surface area (Å²) in [5.41, 5.74) is 3.17. The second kappa shape index (κ2) is 4.63. The molecule has 3 nitrogen and oxygen atoms in total.